The van der Waals surface area contributed by atoms with Crippen LogP contribution in [0.5, 0.6) is 0 Å². The van der Waals surface area contributed by atoms with Crippen molar-refractivity contribution in [3.63, 3.8) is 0 Å². The van der Waals surface area contributed by atoms with Crippen molar-refractivity contribution >= 4 is 55.0 Å². The molecule has 0 radical (unpaired) electrons. The van der Waals surface area contributed by atoms with Crippen molar-refractivity contribution in [2.45, 2.75) is 6.18 Å². The Morgan fingerprint density at radius 3 is 1.68 bits per heavy atom. The molecule has 0 N–H and O–H groups in total. The van der Waals surface area contributed by atoms with Crippen LogP contribution in [0.15, 0.2) is 140 Å². The first-order valence-electron chi connectivity index (χ1n) is 17.3. The predicted molar refractivity (Wildman–Crippen MR) is 213 cm³/mol. The zero-order valence-corrected chi connectivity index (χ0v) is 29.1. The zero-order chi connectivity index (χ0) is 38.7. The molecule has 0 aliphatic heterocycles. The van der Waals surface area contributed by atoms with Gasteiger partial charge >= 0.3 is 6.18 Å². The predicted octanol–water partition coefficient (Wildman–Crippen LogP) is 13.1. The van der Waals surface area contributed by atoms with Gasteiger partial charge in [-0.3, -0.25) is 0 Å². The van der Waals surface area contributed by atoms with Crippen molar-refractivity contribution in [2.75, 3.05) is 0 Å². The van der Waals surface area contributed by atoms with Crippen molar-refractivity contribution in [2.24, 2.45) is 0 Å². The molecular formula is C47H23F3N6. The summed E-state index contributed by atoms with van der Waals surface area (Å²) < 4.78 is 45.5. The quantitative estimate of drug-likeness (QED) is 0.169. The van der Waals surface area contributed by atoms with Gasteiger partial charge in [0, 0.05) is 32.8 Å². The van der Waals surface area contributed by atoms with Crippen LogP contribution in [0.3, 0.4) is 0 Å². The van der Waals surface area contributed by atoms with Gasteiger partial charge in [0.15, 0.2) is 11.4 Å². The molecule has 9 aromatic rings. The van der Waals surface area contributed by atoms with Gasteiger partial charge in [0.25, 0.3) is 0 Å². The highest BCUT2D eigenvalue weighted by Gasteiger charge is 2.31. The maximum absolute atomic E-state index is 13.8. The average molecular weight is 729 g/mol. The number of rotatable bonds is 4. The maximum Gasteiger partial charge on any atom is 0.415 e. The molecule has 0 amide bonds. The van der Waals surface area contributed by atoms with Gasteiger partial charge in [-0.05, 0) is 95.4 Å². The number of hydrogen-bond donors (Lipinski definition) is 0. The summed E-state index contributed by atoms with van der Waals surface area (Å²) in [4.78, 5) is 7.18. The van der Waals surface area contributed by atoms with Crippen LogP contribution in [0.1, 0.15) is 16.7 Å². The van der Waals surface area contributed by atoms with Crippen LogP contribution < -0.4 is 0 Å². The summed E-state index contributed by atoms with van der Waals surface area (Å²) in [5.41, 5.74) is 7.22. The molecule has 9 heteroatoms. The third-order valence-corrected chi connectivity index (χ3v) is 10.2. The summed E-state index contributed by atoms with van der Waals surface area (Å²) in [5, 5.41) is 23.6. The van der Waals surface area contributed by atoms with E-state index < -0.39 is 11.7 Å². The Balaban J connectivity index is 1.42. The molecule has 56 heavy (non-hydrogen) atoms. The number of nitriles is 2. The van der Waals surface area contributed by atoms with Crippen molar-refractivity contribution in [3.8, 4) is 45.8 Å². The number of aromatic nitrogens is 2. The molecule has 2 heterocycles. The molecule has 0 spiro atoms. The summed E-state index contributed by atoms with van der Waals surface area (Å²) in [7, 11) is 0. The Bertz CT molecular complexity index is 3300. The minimum Gasteiger partial charge on any atom is -0.309 e. The third-order valence-electron chi connectivity index (χ3n) is 10.2. The number of alkyl halides is 3. The minimum absolute atomic E-state index is 0.149. The molecule has 7 aromatic carbocycles. The van der Waals surface area contributed by atoms with Gasteiger partial charge in [0.2, 0.25) is 0 Å². The molecule has 0 atom stereocenters. The van der Waals surface area contributed by atoms with Gasteiger partial charge in [0.1, 0.15) is 0 Å². The summed E-state index contributed by atoms with van der Waals surface area (Å²) in [5.74, 6) is 0. The van der Waals surface area contributed by atoms with Gasteiger partial charge in [-0.1, -0.05) is 60.7 Å². The van der Waals surface area contributed by atoms with E-state index in [1.165, 1.54) is 6.07 Å². The summed E-state index contributed by atoms with van der Waals surface area (Å²) in [6.45, 7) is 15.5. The largest absolute Gasteiger partial charge is 0.415 e. The Kier molecular flexibility index (Phi) is 7.69. The van der Waals surface area contributed by atoms with E-state index in [9.17, 15) is 23.7 Å². The van der Waals surface area contributed by atoms with Crippen molar-refractivity contribution < 1.29 is 13.2 Å². The molecular weight excluding hydrogens is 706 g/mol. The summed E-state index contributed by atoms with van der Waals surface area (Å²) in [6, 6.07) is 45.4. The van der Waals surface area contributed by atoms with Crippen molar-refractivity contribution in [1.82, 2.24) is 9.13 Å². The lowest BCUT2D eigenvalue weighted by Gasteiger charge is -2.20. The fourth-order valence-electron chi connectivity index (χ4n) is 7.77. The van der Waals surface area contributed by atoms with Gasteiger partial charge < -0.3 is 9.13 Å². The Morgan fingerprint density at radius 2 is 1.05 bits per heavy atom. The molecule has 262 valence electrons. The lowest BCUT2D eigenvalue weighted by atomic mass is 9.93. The molecule has 0 aliphatic carbocycles. The minimum atomic E-state index is -4.63. The van der Waals surface area contributed by atoms with E-state index >= 15 is 0 Å². The van der Waals surface area contributed by atoms with Crippen molar-refractivity contribution in [1.29, 1.82) is 10.5 Å². The molecule has 6 nitrogen and oxygen atoms in total. The van der Waals surface area contributed by atoms with Gasteiger partial charge in [-0.15, -0.1) is 0 Å². The second kappa shape index (κ2) is 12.8. The Labute approximate surface area is 318 Å². The number of nitrogens with zero attached hydrogens (tertiary/aromatic N) is 6. The second-order valence-corrected chi connectivity index (χ2v) is 13.3. The first-order valence-corrected chi connectivity index (χ1v) is 17.3. The zero-order valence-electron chi connectivity index (χ0n) is 29.1. The monoisotopic (exact) mass is 728 g/mol. The van der Waals surface area contributed by atoms with Crippen LogP contribution in [-0.2, 0) is 6.18 Å². The van der Waals surface area contributed by atoms with Crippen LogP contribution in [0.4, 0.5) is 24.5 Å². The molecule has 0 fully saturated rings. The average Bonchev–Trinajstić information content (AvgIpc) is 3.74. The second-order valence-electron chi connectivity index (χ2n) is 13.3. The Hall–Kier alpha value is -8.11. The smallest absolute Gasteiger partial charge is 0.309 e. The van der Waals surface area contributed by atoms with E-state index in [0.29, 0.717) is 50.4 Å². The third kappa shape index (κ3) is 5.24. The highest BCUT2D eigenvalue weighted by atomic mass is 19.4. The highest BCUT2D eigenvalue weighted by molar-refractivity contribution is 6.12. The normalized spacial score (nSPS) is 11.4. The lowest BCUT2D eigenvalue weighted by Crippen LogP contribution is -2.04. The number of halogens is 3. The van der Waals surface area contributed by atoms with Crippen LogP contribution in [-0.4, -0.2) is 9.13 Å². The number of hydrogen-bond acceptors (Lipinski definition) is 2. The molecule has 0 aliphatic rings. The molecule has 9 rings (SSSR count). The van der Waals surface area contributed by atoms with E-state index in [4.69, 9.17) is 13.1 Å². The van der Waals surface area contributed by atoms with E-state index in [1.807, 2.05) is 91.0 Å². The molecule has 0 saturated heterocycles. The van der Waals surface area contributed by atoms with E-state index in [-0.39, 0.29) is 5.69 Å². The van der Waals surface area contributed by atoms with Gasteiger partial charge in [-0.25, -0.2) is 9.69 Å². The summed E-state index contributed by atoms with van der Waals surface area (Å²) >= 11 is 0. The lowest BCUT2D eigenvalue weighted by molar-refractivity contribution is -0.137. The van der Waals surface area contributed by atoms with Gasteiger partial charge in [-0.2, -0.15) is 23.7 Å². The highest BCUT2D eigenvalue weighted by Crippen LogP contribution is 2.45. The van der Waals surface area contributed by atoms with Crippen LogP contribution in [0.2, 0.25) is 0 Å². The molecule has 0 unspecified atom stereocenters. The first kappa shape index (κ1) is 33.7. The maximum atomic E-state index is 13.8. The summed E-state index contributed by atoms with van der Waals surface area (Å²) in [6.07, 6.45) is -4.63. The fraction of sp³-hybridized carbons (Fsp3) is 0.0213. The number of benzene rings is 7. The topological polar surface area (TPSA) is 66.2 Å². The van der Waals surface area contributed by atoms with Crippen LogP contribution in [0.25, 0.3) is 86.9 Å². The Morgan fingerprint density at radius 1 is 0.500 bits per heavy atom. The molecule has 0 bridgehead atoms. The van der Waals surface area contributed by atoms with E-state index in [2.05, 4.69) is 31.0 Å². The number of para-hydroxylation sites is 2. The van der Waals surface area contributed by atoms with Crippen molar-refractivity contribution in [3.05, 3.63) is 179 Å². The number of fused-ring (bicyclic) bond motifs is 6. The molecule has 2 aromatic heterocycles. The molecule has 0 saturated carbocycles. The fourth-order valence-corrected chi connectivity index (χ4v) is 7.77. The van der Waals surface area contributed by atoms with Gasteiger partial charge in [0.05, 0.1) is 69.9 Å². The standard InChI is InChI=1S/C47H23F3N6/c1-53-32-15-20-46-39(25-32)35-8-4-6-10-42(35)56(46)45-19-13-30(33-16-14-31(47(48,49)50)24-40(33)54-2)23-38(45)37-22-29(27-52)12-18-44(37)55-41-9-5-3-7-34(41)36-21-28(26-51)11-17-43(36)55/h3-25H. The van der Waals surface area contributed by atoms with Crippen LogP contribution >= 0.6 is 0 Å². The SMILES string of the molecule is [C-]#[N+]c1ccc2c(c1)c1ccccc1n2-c1ccc(-c2ccc(C(F)(F)F)cc2[N+]#[C-])cc1-c1cc(C#N)ccc1-n1c2ccccc2c2cc(C#N)ccc21. The van der Waals surface area contributed by atoms with Crippen LogP contribution in [0, 0.1) is 35.8 Å². The first-order chi connectivity index (χ1) is 27.2. The van der Waals surface area contributed by atoms with E-state index in [0.717, 1.165) is 55.7 Å². The van der Waals surface area contributed by atoms with E-state index in [1.54, 1.807) is 30.3 Å².